The van der Waals surface area contributed by atoms with Crippen molar-refractivity contribution < 1.29 is 19.1 Å². The summed E-state index contributed by atoms with van der Waals surface area (Å²) >= 11 is 0. The minimum atomic E-state index is -0.541. The Morgan fingerprint density at radius 3 is 2.29 bits per heavy atom. The maximum Gasteiger partial charge on any atom is 0.360 e. The van der Waals surface area contributed by atoms with Crippen LogP contribution in [0.3, 0.4) is 0 Å². The number of nitrogens with zero attached hydrogens (tertiary/aromatic N) is 6. The number of fused-ring (bicyclic) bond motifs is 1. The van der Waals surface area contributed by atoms with Crippen molar-refractivity contribution in [2.75, 3.05) is 13.2 Å². The second kappa shape index (κ2) is 8.34. The summed E-state index contributed by atoms with van der Waals surface area (Å²) in [7, 11) is 0. The normalized spacial score (nSPS) is 10.9. The van der Waals surface area contributed by atoms with E-state index in [0.29, 0.717) is 17.1 Å². The molecule has 0 bridgehead atoms. The van der Waals surface area contributed by atoms with E-state index < -0.39 is 11.9 Å². The Kier molecular flexibility index (Phi) is 5.44. The second-order valence-corrected chi connectivity index (χ2v) is 6.58. The molecule has 0 aliphatic rings. The molecule has 0 saturated carbocycles. The first-order valence-corrected chi connectivity index (χ1v) is 9.76. The summed E-state index contributed by atoms with van der Waals surface area (Å²) in [6.07, 6.45) is 1.52. The van der Waals surface area contributed by atoms with Crippen molar-refractivity contribution in [3.8, 4) is 11.4 Å². The van der Waals surface area contributed by atoms with Crippen LogP contribution in [0.1, 0.15) is 40.5 Å². The summed E-state index contributed by atoms with van der Waals surface area (Å²) < 4.78 is 13.2. The molecule has 0 aliphatic heterocycles. The summed E-state index contributed by atoms with van der Waals surface area (Å²) in [6.45, 7) is 5.71. The van der Waals surface area contributed by atoms with Crippen molar-refractivity contribution in [1.29, 1.82) is 0 Å². The lowest BCUT2D eigenvalue weighted by molar-refractivity contribution is 0.0509. The summed E-state index contributed by atoms with van der Waals surface area (Å²) in [5.41, 5.74) is 2.19. The first-order valence-electron chi connectivity index (χ1n) is 9.76. The molecule has 31 heavy (non-hydrogen) atoms. The first-order chi connectivity index (χ1) is 15.0. The lowest BCUT2D eigenvalue weighted by Gasteiger charge is -2.12. The van der Waals surface area contributed by atoms with Gasteiger partial charge in [-0.3, -0.25) is 0 Å². The van der Waals surface area contributed by atoms with Gasteiger partial charge < -0.3 is 9.47 Å². The average molecular weight is 420 g/mol. The maximum absolute atomic E-state index is 12.2. The number of ether oxygens (including phenoxy) is 2. The molecule has 0 amide bonds. The molecule has 10 nitrogen and oxygen atoms in total. The fraction of sp³-hybridized carbons (Fsp3) is 0.238. The van der Waals surface area contributed by atoms with Crippen LogP contribution >= 0.6 is 0 Å². The molecule has 0 spiro atoms. The monoisotopic (exact) mass is 420 g/mol. The highest BCUT2D eigenvalue weighted by atomic mass is 16.5. The highest BCUT2D eigenvalue weighted by Crippen LogP contribution is 2.29. The van der Waals surface area contributed by atoms with E-state index in [1.165, 1.54) is 10.9 Å². The molecule has 2 aromatic carbocycles. The zero-order valence-corrected chi connectivity index (χ0v) is 17.3. The van der Waals surface area contributed by atoms with Crippen LogP contribution in [0, 0.1) is 6.92 Å². The van der Waals surface area contributed by atoms with Gasteiger partial charge in [-0.05, 0) is 38.3 Å². The van der Waals surface area contributed by atoms with E-state index in [2.05, 4.69) is 20.6 Å². The van der Waals surface area contributed by atoms with E-state index >= 15 is 0 Å². The number of rotatable bonds is 6. The molecule has 4 rings (SSSR count). The highest BCUT2D eigenvalue weighted by molar-refractivity contribution is 5.97. The summed E-state index contributed by atoms with van der Waals surface area (Å²) in [4.78, 5) is 24.2. The molecule has 2 heterocycles. The van der Waals surface area contributed by atoms with Gasteiger partial charge in [-0.2, -0.15) is 0 Å². The predicted molar refractivity (Wildman–Crippen MR) is 110 cm³/mol. The maximum atomic E-state index is 12.2. The van der Waals surface area contributed by atoms with Gasteiger partial charge in [0.05, 0.1) is 36.5 Å². The van der Waals surface area contributed by atoms with E-state index in [4.69, 9.17) is 9.47 Å². The molecule has 10 heteroatoms. The fourth-order valence-electron chi connectivity index (χ4n) is 3.30. The zero-order valence-electron chi connectivity index (χ0n) is 17.3. The summed E-state index contributed by atoms with van der Waals surface area (Å²) in [6, 6.07) is 11.4. The lowest BCUT2D eigenvalue weighted by atomic mass is 10.1. The van der Waals surface area contributed by atoms with E-state index in [1.54, 1.807) is 25.5 Å². The van der Waals surface area contributed by atoms with Gasteiger partial charge >= 0.3 is 11.9 Å². The topological polar surface area (TPSA) is 114 Å². The van der Waals surface area contributed by atoms with E-state index in [-0.39, 0.29) is 24.6 Å². The average Bonchev–Trinajstić information content (AvgIpc) is 3.40. The molecule has 0 radical (unpaired) electrons. The Morgan fingerprint density at radius 1 is 0.903 bits per heavy atom. The molecule has 0 N–H and O–H groups in total. The van der Waals surface area contributed by atoms with Gasteiger partial charge in [-0.1, -0.05) is 34.7 Å². The van der Waals surface area contributed by atoms with Crippen molar-refractivity contribution >= 4 is 22.7 Å². The number of aromatic nitrogens is 6. The molecular formula is C21H20N6O4. The Balaban J connectivity index is 1.87. The van der Waals surface area contributed by atoms with Crippen LogP contribution in [0.25, 0.3) is 22.1 Å². The van der Waals surface area contributed by atoms with Crippen LogP contribution in [-0.4, -0.2) is 55.1 Å². The van der Waals surface area contributed by atoms with Crippen LogP contribution in [-0.2, 0) is 9.47 Å². The second-order valence-electron chi connectivity index (χ2n) is 6.58. The largest absolute Gasteiger partial charge is 0.461 e. The summed E-state index contributed by atoms with van der Waals surface area (Å²) in [5, 5.41) is 17.9. The standard InChI is InChI=1S/C21H20N6O4/c1-4-30-20(28)15-12-26(24-22-15)16-10-6-8-14-9-7-11-17(18(14)16)27-13(3)19(23-25-27)21(29)31-5-2/h6-12H,4-5H2,1-3H3. The Bertz CT molecular complexity index is 1270. The van der Waals surface area contributed by atoms with Crippen molar-refractivity contribution in [3.63, 3.8) is 0 Å². The Labute approximate surface area is 177 Å². The quantitative estimate of drug-likeness (QED) is 0.437. The number of benzene rings is 2. The van der Waals surface area contributed by atoms with Crippen molar-refractivity contribution in [2.24, 2.45) is 0 Å². The van der Waals surface area contributed by atoms with Crippen molar-refractivity contribution in [3.05, 3.63) is 59.7 Å². The van der Waals surface area contributed by atoms with Gasteiger partial charge in [-0.25, -0.2) is 19.0 Å². The van der Waals surface area contributed by atoms with Gasteiger partial charge in [0.15, 0.2) is 11.4 Å². The minimum absolute atomic E-state index is 0.109. The number of esters is 2. The third-order valence-corrected chi connectivity index (χ3v) is 4.68. The third kappa shape index (κ3) is 3.63. The molecule has 0 aliphatic carbocycles. The van der Waals surface area contributed by atoms with Crippen LogP contribution < -0.4 is 0 Å². The van der Waals surface area contributed by atoms with Crippen LogP contribution in [0.5, 0.6) is 0 Å². The number of hydrogen-bond acceptors (Lipinski definition) is 8. The number of hydrogen-bond donors (Lipinski definition) is 0. The minimum Gasteiger partial charge on any atom is -0.461 e. The zero-order chi connectivity index (χ0) is 22.0. The predicted octanol–water partition coefficient (Wildman–Crippen LogP) is 2.66. The van der Waals surface area contributed by atoms with Crippen LogP contribution in [0.2, 0.25) is 0 Å². The van der Waals surface area contributed by atoms with Gasteiger partial charge in [-0.15, -0.1) is 10.2 Å². The van der Waals surface area contributed by atoms with Gasteiger partial charge in [0.2, 0.25) is 0 Å². The highest BCUT2D eigenvalue weighted by Gasteiger charge is 2.21. The van der Waals surface area contributed by atoms with Crippen molar-refractivity contribution in [1.82, 2.24) is 30.0 Å². The lowest BCUT2D eigenvalue weighted by Crippen LogP contribution is -2.08. The summed E-state index contributed by atoms with van der Waals surface area (Å²) in [5.74, 6) is -1.07. The Hall–Kier alpha value is -4.08. The first kappa shape index (κ1) is 20.2. The molecule has 4 aromatic rings. The van der Waals surface area contributed by atoms with Gasteiger partial charge in [0.1, 0.15) is 0 Å². The van der Waals surface area contributed by atoms with E-state index in [1.807, 2.05) is 36.4 Å². The Morgan fingerprint density at radius 2 is 1.58 bits per heavy atom. The van der Waals surface area contributed by atoms with Gasteiger partial charge in [0, 0.05) is 5.39 Å². The molecule has 0 atom stereocenters. The number of carbonyl (C=O) groups excluding carboxylic acids is 2. The fourth-order valence-corrected chi connectivity index (χ4v) is 3.30. The third-order valence-electron chi connectivity index (χ3n) is 4.68. The van der Waals surface area contributed by atoms with E-state index in [9.17, 15) is 9.59 Å². The van der Waals surface area contributed by atoms with Gasteiger partial charge in [0.25, 0.3) is 0 Å². The molecule has 0 fully saturated rings. The van der Waals surface area contributed by atoms with Crippen LogP contribution in [0.15, 0.2) is 42.6 Å². The number of carbonyl (C=O) groups is 2. The van der Waals surface area contributed by atoms with Crippen LogP contribution in [0.4, 0.5) is 0 Å². The molecule has 0 unspecified atom stereocenters. The van der Waals surface area contributed by atoms with Crippen molar-refractivity contribution in [2.45, 2.75) is 20.8 Å². The molecular weight excluding hydrogens is 400 g/mol. The smallest absolute Gasteiger partial charge is 0.360 e. The molecule has 0 saturated heterocycles. The molecule has 2 aromatic heterocycles. The SMILES string of the molecule is CCOC(=O)c1cn(-c2cccc3cccc(-n4nnc(C(=O)OCC)c4C)c23)nn1. The van der Waals surface area contributed by atoms with E-state index in [0.717, 1.165) is 10.8 Å². The molecule has 158 valence electrons.